The first-order valence-corrected chi connectivity index (χ1v) is 5.69. The standard InChI is InChI=1S/C16H11B/c17-16-11-10-13(12-6-2-1-3-7-12)14-8-4-5-9-15(14)16/h1-11H. The van der Waals surface area contributed by atoms with E-state index in [0.717, 1.165) is 10.8 Å². The molecular weight excluding hydrogens is 203 g/mol. The van der Waals surface area contributed by atoms with Crippen molar-refractivity contribution >= 4 is 24.1 Å². The normalized spacial score (nSPS) is 10.6. The summed E-state index contributed by atoms with van der Waals surface area (Å²) in [6, 6.07) is 22.7. The maximum Gasteiger partial charge on any atom is 0.114 e. The molecule has 17 heavy (non-hydrogen) atoms. The topological polar surface area (TPSA) is 0 Å². The number of hydrogen-bond donors (Lipinski definition) is 0. The van der Waals surface area contributed by atoms with E-state index in [9.17, 15) is 0 Å². The van der Waals surface area contributed by atoms with Crippen LogP contribution in [0.15, 0.2) is 66.7 Å². The predicted molar refractivity (Wildman–Crippen MR) is 74.8 cm³/mol. The molecule has 1 heteroatoms. The number of fused-ring (bicyclic) bond motifs is 1. The first-order chi connectivity index (χ1) is 8.36. The van der Waals surface area contributed by atoms with E-state index >= 15 is 0 Å². The molecule has 0 saturated heterocycles. The van der Waals surface area contributed by atoms with Gasteiger partial charge in [-0.1, -0.05) is 72.2 Å². The van der Waals surface area contributed by atoms with Gasteiger partial charge in [0.2, 0.25) is 0 Å². The Morgan fingerprint density at radius 1 is 0.588 bits per heavy atom. The van der Waals surface area contributed by atoms with E-state index in [-0.39, 0.29) is 0 Å². The third-order valence-corrected chi connectivity index (χ3v) is 3.04. The summed E-state index contributed by atoms with van der Waals surface area (Å²) in [6.45, 7) is 0. The van der Waals surface area contributed by atoms with E-state index in [4.69, 9.17) is 7.85 Å². The van der Waals surface area contributed by atoms with E-state index in [1.807, 2.05) is 24.3 Å². The lowest BCUT2D eigenvalue weighted by Gasteiger charge is -2.09. The van der Waals surface area contributed by atoms with Gasteiger partial charge >= 0.3 is 0 Å². The monoisotopic (exact) mass is 214 g/mol. The van der Waals surface area contributed by atoms with Crippen LogP contribution < -0.4 is 5.46 Å². The van der Waals surface area contributed by atoms with Gasteiger partial charge < -0.3 is 0 Å². The molecule has 0 aromatic heterocycles. The second-order valence-corrected chi connectivity index (χ2v) is 4.11. The lowest BCUT2D eigenvalue weighted by atomic mass is 9.86. The van der Waals surface area contributed by atoms with Crippen molar-refractivity contribution in [2.24, 2.45) is 0 Å². The second kappa shape index (κ2) is 4.10. The Morgan fingerprint density at radius 2 is 1.24 bits per heavy atom. The van der Waals surface area contributed by atoms with Crippen molar-refractivity contribution in [3.63, 3.8) is 0 Å². The van der Waals surface area contributed by atoms with Crippen LogP contribution in [0.2, 0.25) is 0 Å². The van der Waals surface area contributed by atoms with E-state index < -0.39 is 0 Å². The van der Waals surface area contributed by atoms with Crippen LogP contribution in [0.4, 0.5) is 0 Å². The summed E-state index contributed by atoms with van der Waals surface area (Å²) in [5, 5.41) is 2.33. The van der Waals surface area contributed by atoms with Gasteiger partial charge in [0.05, 0.1) is 0 Å². The summed E-state index contributed by atoms with van der Waals surface area (Å²) in [5.41, 5.74) is 3.29. The maximum absolute atomic E-state index is 6.00. The summed E-state index contributed by atoms with van der Waals surface area (Å²) < 4.78 is 0. The molecule has 0 bridgehead atoms. The molecule has 0 nitrogen and oxygen atoms in total. The molecule has 0 unspecified atom stereocenters. The van der Waals surface area contributed by atoms with Gasteiger partial charge in [-0.15, -0.1) is 0 Å². The van der Waals surface area contributed by atoms with Gasteiger partial charge in [0.1, 0.15) is 7.85 Å². The minimum Gasteiger partial charge on any atom is -0.0889 e. The molecule has 0 N–H and O–H groups in total. The Bertz CT molecular complexity index is 657. The zero-order valence-electron chi connectivity index (χ0n) is 9.43. The van der Waals surface area contributed by atoms with Crippen LogP contribution in [0.3, 0.4) is 0 Å². The van der Waals surface area contributed by atoms with Crippen LogP contribution in [0, 0.1) is 0 Å². The van der Waals surface area contributed by atoms with Crippen LogP contribution in [0.1, 0.15) is 0 Å². The third-order valence-electron chi connectivity index (χ3n) is 3.04. The molecule has 0 aliphatic rings. The number of benzene rings is 3. The van der Waals surface area contributed by atoms with Gasteiger partial charge in [0.25, 0.3) is 0 Å². The molecule has 2 radical (unpaired) electrons. The zero-order valence-corrected chi connectivity index (χ0v) is 9.43. The molecule has 0 saturated carbocycles. The van der Waals surface area contributed by atoms with Gasteiger partial charge in [-0.2, -0.15) is 0 Å². The second-order valence-electron chi connectivity index (χ2n) is 4.11. The largest absolute Gasteiger partial charge is 0.114 e. The smallest absolute Gasteiger partial charge is 0.0889 e. The molecule has 0 aliphatic carbocycles. The maximum atomic E-state index is 6.00. The highest BCUT2D eigenvalue weighted by atomic mass is 14.1. The molecule has 0 aliphatic heterocycles. The van der Waals surface area contributed by atoms with Crippen LogP contribution >= 0.6 is 0 Å². The van der Waals surface area contributed by atoms with Crippen molar-refractivity contribution in [3.05, 3.63) is 66.7 Å². The molecule has 0 fully saturated rings. The molecule has 0 amide bonds. The van der Waals surface area contributed by atoms with Gasteiger partial charge in [-0.3, -0.25) is 0 Å². The first-order valence-electron chi connectivity index (χ1n) is 5.69. The van der Waals surface area contributed by atoms with Crippen molar-refractivity contribution in [1.29, 1.82) is 0 Å². The Balaban J connectivity index is 2.35. The van der Waals surface area contributed by atoms with Gasteiger partial charge in [-0.25, -0.2) is 0 Å². The van der Waals surface area contributed by atoms with Gasteiger partial charge in [0, 0.05) is 0 Å². The van der Waals surface area contributed by atoms with Crippen LogP contribution in [-0.2, 0) is 0 Å². The molecule has 3 aromatic rings. The number of hydrogen-bond acceptors (Lipinski definition) is 0. The van der Waals surface area contributed by atoms with Crippen molar-refractivity contribution < 1.29 is 0 Å². The SMILES string of the molecule is [B]c1ccc(-c2ccccc2)c2ccccc12. The fraction of sp³-hybridized carbons (Fsp3) is 0. The lowest BCUT2D eigenvalue weighted by molar-refractivity contribution is 1.66. The lowest BCUT2D eigenvalue weighted by Crippen LogP contribution is -2.03. The van der Waals surface area contributed by atoms with Crippen LogP contribution in [0.25, 0.3) is 21.9 Å². The van der Waals surface area contributed by atoms with E-state index in [0.29, 0.717) is 0 Å². The summed E-state index contributed by atoms with van der Waals surface area (Å²) in [5.74, 6) is 0. The molecular formula is C16H11B. The Labute approximate surface area is 102 Å². The summed E-state index contributed by atoms with van der Waals surface area (Å²) in [7, 11) is 6.00. The van der Waals surface area contributed by atoms with E-state index in [1.165, 1.54) is 16.5 Å². The molecule has 0 atom stereocenters. The van der Waals surface area contributed by atoms with Crippen molar-refractivity contribution in [2.75, 3.05) is 0 Å². The van der Waals surface area contributed by atoms with Crippen LogP contribution in [0.5, 0.6) is 0 Å². The minimum atomic E-state index is 0.834. The summed E-state index contributed by atoms with van der Waals surface area (Å²) in [4.78, 5) is 0. The van der Waals surface area contributed by atoms with Gasteiger partial charge in [0.15, 0.2) is 0 Å². The Kier molecular flexibility index (Phi) is 2.45. The fourth-order valence-electron chi connectivity index (χ4n) is 2.19. The third kappa shape index (κ3) is 1.74. The summed E-state index contributed by atoms with van der Waals surface area (Å²) in [6.07, 6.45) is 0. The Morgan fingerprint density at radius 3 is 2.00 bits per heavy atom. The van der Waals surface area contributed by atoms with Gasteiger partial charge in [-0.05, 0) is 21.9 Å². The molecule has 3 rings (SSSR count). The highest BCUT2D eigenvalue weighted by Gasteiger charge is 2.03. The number of rotatable bonds is 1. The molecule has 3 aromatic carbocycles. The highest BCUT2D eigenvalue weighted by Crippen LogP contribution is 2.26. The van der Waals surface area contributed by atoms with Crippen molar-refractivity contribution in [2.45, 2.75) is 0 Å². The average Bonchev–Trinajstić information content (AvgIpc) is 2.41. The quantitative estimate of drug-likeness (QED) is 0.545. The zero-order chi connectivity index (χ0) is 11.7. The molecule has 78 valence electrons. The average molecular weight is 214 g/mol. The summed E-state index contributed by atoms with van der Waals surface area (Å²) >= 11 is 0. The van der Waals surface area contributed by atoms with E-state index in [1.54, 1.807) is 0 Å². The Hall–Kier alpha value is -2.02. The molecule has 0 heterocycles. The van der Waals surface area contributed by atoms with Crippen LogP contribution in [-0.4, -0.2) is 7.85 Å². The highest BCUT2D eigenvalue weighted by molar-refractivity contribution is 6.39. The van der Waals surface area contributed by atoms with E-state index in [2.05, 4.69) is 42.5 Å². The van der Waals surface area contributed by atoms with Crippen molar-refractivity contribution in [3.8, 4) is 11.1 Å². The molecule has 0 spiro atoms. The fourth-order valence-corrected chi connectivity index (χ4v) is 2.19. The first kappa shape index (κ1) is 10.2. The van der Waals surface area contributed by atoms with Crippen molar-refractivity contribution in [1.82, 2.24) is 0 Å². The minimum absolute atomic E-state index is 0.834. The predicted octanol–water partition coefficient (Wildman–Crippen LogP) is 3.30.